The van der Waals surface area contributed by atoms with Crippen molar-refractivity contribution in [1.82, 2.24) is 14.8 Å². The highest BCUT2D eigenvalue weighted by Crippen LogP contribution is 2.26. The number of aromatic nitrogens is 3. The summed E-state index contributed by atoms with van der Waals surface area (Å²) in [6, 6.07) is 18.3. The molecule has 3 rings (SSSR count). The van der Waals surface area contributed by atoms with Gasteiger partial charge in [-0.25, -0.2) is 9.67 Å². The lowest BCUT2D eigenvalue weighted by atomic mass is 9.96. The molecule has 138 valence electrons. The number of benzene rings is 2. The summed E-state index contributed by atoms with van der Waals surface area (Å²) in [4.78, 5) is 4.48. The van der Waals surface area contributed by atoms with Gasteiger partial charge in [0.05, 0.1) is 12.7 Å². The predicted octanol–water partition coefficient (Wildman–Crippen LogP) is 5.06. The molecule has 0 saturated carbocycles. The molecule has 0 saturated heterocycles. The molecule has 1 unspecified atom stereocenters. The number of aryl methyl sites for hydroxylation is 1. The zero-order valence-electron chi connectivity index (χ0n) is 15.2. The maximum Gasteiger partial charge on any atom is 0.155 e. The van der Waals surface area contributed by atoms with E-state index in [-0.39, 0.29) is 5.92 Å². The predicted molar refractivity (Wildman–Crippen MR) is 108 cm³/mol. The van der Waals surface area contributed by atoms with Gasteiger partial charge in [0, 0.05) is 16.8 Å². The molecule has 6 heteroatoms. The van der Waals surface area contributed by atoms with Gasteiger partial charge in [0.2, 0.25) is 0 Å². The van der Waals surface area contributed by atoms with Gasteiger partial charge in [0.25, 0.3) is 0 Å². The smallest absolute Gasteiger partial charge is 0.155 e. The van der Waals surface area contributed by atoms with Crippen molar-refractivity contribution in [2.45, 2.75) is 32.1 Å². The molecule has 0 N–H and O–H groups in total. The average Bonchev–Trinajstić information content (AvgIpc) is 3.17. The van der Waals surface area contributed by atoms with Crippen molar-refractivity contribution in [2.75, 3.05) is 6.61 Å². The Bertz CT molecular complexity index is 914. The third-order valence-electron chi connectivity index (χ3n) is 4.32. The fraction of sp³-hybridized carbons (Fsp3) is 0.286. The fourth-order valence-electron chi connectivity index (χ4n) is 2.93. The standard InChI is InChI=1S/C21H21BrN4O/c1-2-27-20-6-4-3-5-19(20)26-15-24-21(25-26)17(13-14-23)10-7-16-8-11-18(22)12-9-16/h3-6,8-9,11-12,15,17H,2,7,10,13H2,1H3. The van der Waals surface area contributed by atoms with E-state index < -0.39 is 0 Å². The van der Waals surface area contributed by atoms with E-state index in [2.05, 4.69) is 44.2 Å². The van der Waals surface area contributed by atoms with Crippen LogP contribution in [0.3, 0.4) is 0 Å². The van der Waals surface area contributed by atoms with E-state index in [1.807, 2.05) is 43.3 Å². The van der Waals surface area contributed by atoms with Crippen molar-refractivity contribution < 1.29 is 4.74 Å². The second-order valence-corrected chi connectivity index (χ2v) is 7.09. The average molecular weight is 425 g/mol. The second-order valence-electron chi connectivity index (χ2n) is 6.17. The fourth-order valence-corrected chi connectivity index (χ4v) is 3.19. The maximum absolute atomic E-state index is 9.23. The Morgan fingerprint density at radius 3 is 2.70 bits per heavy atom. The number of hydrogen-bond donors (Lipinski definition) is 0. The molecule has 0 spiro atoms. The monoisotopic (exact) mass is 424 g/mol. The SMILES string of the molecule is CCOc1ccccc1-n1cnc(C(CC#N)CCc2ccc(Br)cc2)n1. The van der Waals surface area contributed by atoms with Crippen LogP contribution in [0.25, 0.3) is 5.69 Å². The lowest BCUT2D eigenvalue weighted by Crippen LogP contribution is -2.05. The minimum atomic E-state index is -0.000785. The third kappa shape index (κ3) is 4.95. The number of ether oxygens (including phenoxy) is 1. The van der Waals surface area contributed by atoms with E-state index in [9.17, 15) is 5.26 Å². The number of halogens is 1. The van der Waals surface area contributed by atoms with Crippen LogP contribution in [-0.2, 0) is 6.42 Å². The Balaban J connectivity index is 1.77. The van der Waals surface area contributed by atoms with E-state index in [0.29, 0.717) is 18.9 Å². The molecule has 3 aromatic rings. The largest absolute Gasteiger partial charge is 0.492 e. The highest BCUT2D eigenvalue weighted by atomic mass is 79.9. The Hall–Kier alpha value is -2.65. The summed E-state index contributed by atoms with van der Waals surface area (Å²) < 4.78 is 8.47. The highest BCUT2D eigenvalue weighted by molar-refractivity contribution is 9.10. The van der Waals surface area contributed by atoms with Crippen LogP contribution in [-0.4, -0.2) is 21.4 Å². The van der Waals surface area contributed by atoms with Crippen LogP contribution in [0.2, 0.25) is 0 Å². The first-order valence-corrected chi connectivity index (χ1v) is 9.75. The summed E-state index contributed by atoms with van der Waals surface area (Å²) in [6.45, 7) is 2.54. The van der Waals surface area contributed by atoms with Gasteiger partial charge in [-0.1, -0.05) is 40.2 Å². The molecule has 0 aliphatic rings. The minimum absolute atomic E-state index is 0.000785. The Morgan fingerprint density at radius 1 is 1.19 bits per heavy atom. The molecule has 1 aromatic heterocycles. The molecule has 0 amide bonds. The number of para-hydroxylation sites is 2. The molecule has 0 aliphatic carbocycles. The maximum atomic E-state index is 9.23. The van der Waals surface area contributed by atoms with Crippen LogP contribution in [0, 0.1) is 11.3 Å². The molecular weight excluding hydrogens is 404 g/mol. The van der Waals surface area contributed by atoms with Gasteiger partial charge in [-0.15, -0.1) is 0 Å². The second kappa shape index (κ2) is 9.33. The Kier molecular flexibility index (Phi) is 6.61. The van der Waals surface area contributed by atoms with Crippen molar-refractivity contribution >= 4 is 15.9 Å². The van der Waals surface area contributed by atoms with Crippen LogP contribution in [0.15, 0.2) is 59.3 Å². The number of rotatable bonds is 8. The summed E-state index contributed by atoms with van der Waals surface area (Å²) in [5.74, 6) is 1.46. The van der Waals surface area contributed by atoms with E-state index in [0.717, 1.165) is 28.8 Å². The molecular formula is C21H21BrN4O. The summed E-state index contributed by atoms with van der Waals surface area (Å²) in [5.41, 5.74) is 2.09. The zero-order valence-corrected chi connectivity index (χ0v) is 16.8. The van der Waals surface area contributed by atoms with Gasteiger partial charge in [-0.05, 0) is 49.6 Å². The third-order valence-corrected chi connectivity index (χ3v) is 4.85. The molecule has 27 heavy (non-hydrogen) atoms. The minimum Gasteiger partial charge on any atom is -0.492 e. The first-order chi connectivity index (χ1) is 13.2. The van der Waals surface area contributed by atoms with Crippen LogP contribution in [0.4, 0.5) is 0 Å². The van der Waals surface area contributed by atoms with Crippen molar-refractivity contribution in [1.29, 1.82) is 5.26 Å². The van der Waals surface area contributed by atoms with Crippen LogP contribution in [0.5, 0.6) is 5.75 Å². The summed E-state index contributed by atoms with van der Waals surface area (Å²) >= 11 is 3.45. The first-order valence-electron chi connectivity index (χ1n) is 8.96. The van der Waals surface area contributed by atoms with Gasteiger partial charge < -0.3 is 4.74 Å². The Morgan fingerprint density at radius 2 is 1.96 bits per heavy atom. The van der Waals surface area contributed by atoms with E-state index in [1.165, 1.54) is 5.56 Å². The van der Waals surface area contributed by atoms with Crippen LogP contribution < -0.4 is 4.74 Å². The molecule has 0 aliphatic heterocycles. The van der Waals surface area contributed by atoms with Crippen LogP contribution in [0.1, 0.15) is 37.1 Å². The molecule has 5 nitrogen and oxygen atoms in total. The van der Waals surface area contributed by atoms with Gasteiger partial charge >= 0.3 is 0 Å². The van der Waals surface area contributed by atoms with Crippen molar-refractivity contribution in [2.24, 2.45) is 0 Å². The number of hydrogen-bond acceptors (Lipinski definition) is 4. The normalized spacial score (nSPS) is 11.7. The quantitative estimate of drug-likeness (QED) is 0.506. The Labute approximate surface area is 167 Å². The molecule has 1 atom stereocenters. The van der Waals surface area contributed by atoms with Gasteiger partial charge in [-0.3, -0.25) is 0 Å². The summed E-state index contributed by atoms with van der Waals surface area (Å²) in [5, 5.41) is 13.9. The summed E-state index contributed by atoms with van der Waals surface area (Å²) in [7, 11) is 0. The van der Waals surface area contributed by atoms with Gasteiger partial charge in [0.1, 0.15) is 17.8 Å². The number of nitriles is 1. The van der Waals surface area contributed by atoms with Crippen LogP contribution >= 0.6 is 15.9 Å². The topological polar surface area (TPSA) is 63.7 Å². The van der Waals surface area contributed by atoms with Gasteiger partial charge in [0.15, 0.2) is 5.82 Å². The van der Waals surface area contributed by atoms with Crippen molar-refractivity contribution in [3.63, 3.8) is 0 Å². The molecule has 2 aromatic carbocycles. The van der Waals surface area contributed by atoms with E-state index in [4.69, 9.17) is 4.74 Å². The van der Waals surface area contributed by atoms with Crippen molar-refractivity contribution in [3.05, 3.63) is 70.7 Å². The van der Waals surface area contributed by atoms with E-state index in [1.54, 1.807) is 11.0 Å². The van der Waals surface area contributed by atoms with Crippen molar-refractivity contribution in [3.8, 4) is 17.5 Å². The lowest BCUT2D eigenvalue weighted by molar-refractivity contribution is 0.338. The molecule has 0 fully saturated rings. The lowest BCUT2D eigenvalue weighted by Gasteiger charge is -2.11. The molecule has 0 bridgehead atoms. The number of nitrogens with zero attached hydrogens (tertiary/aromatic N) is 4. The van der Waals surface area contributed by atoms with E-state index >= 15 is 0 Å². The first kappa shape index (κ1) is 19.1. The highest BCUT2D eigenvalue weighted by Gasteiger charge is 2.17. The summed E-state index contributed by atoms with van der Waals surface area (Å²) in [6.07, 6.45) is 3.79. The molecule has 0 radical (unpaired) electrons. The zero-order chi connectivity index (χ0) is 19.1. The molecule has 1 heterocycles. The van der Waals surface area contributed by atoms with Gasteiger partial charge in [-0.2, -0.15) is 10.4 Å².